The number of morpholine rings is 1. The summed E-state index contributed by atoms with van der Waals surface area (Å²) in [6.07, 6.45) is 1.67. The van der Waals surface area contributed by atoms with Gasteiger partial charge in [-0.05, 0) is 37.1 Å². The highest BCUT2D eigenvalue weighted by atomic mass is 32.1. The van der Waals surface area contributed by atoms with Crippen molar-refractivity contribution < 1.29 is 23.9 Å². The summed E-state index contributed by atoms with van der Waals surface area (Å²) in [4.78, 5) is 33.4. The summed E-state index contributed by atoms with van der Waals surface area (Å²) >= 11 is 1.39. The van der Waals surface area contributed by atoms with Gasteiger partial charge in [-0.3, -0.25) is 19.8 Å². The van der Waals surface area contributed by atoms with Crippen molar-refractivity contribution in [3.8, 4) is 5.75 Å². The van der Waals surface area contributed by atoms with Gasteiger partial charge in [0.25, 0.3) is 11.6 Å². The van der Waals surface area contributed by atoms with Crippen LogP contribution in [0.1, 0.15) is 23.2 Å². The zero-order valence-electron chi connectivity index (χ0n) is 19.3. The minimum atomic E-state index is -0.435. The lowest BCUT2D eigenvalue weighted by Gasteiger charge is -2.28. The van der Waals surface area contributed by atoms with Gasteiger partial charge < -0.3 is 19.1 Å². The maximum atomic E-state index is 13.8. The summed E-state index contributed by atoms with van der Waals surface area (Å²) in [6.45, 7) is 3.13. The van der Waals surface area contributed by atoms with Crippen molar-refractivity contribution in [1.82, 2.24) is 4.98 Å². The van der Waals surface area contributed by atoms with Crippen LogP contribution in [0.4, 0.5) is 16.5 Å². The molecule has 2 saturated heterocycles. The Hall–Kier alpha value is -3.28. The van der Waals surface area contributed by atoms with Gasteiger partial charge >= 0.3 is 0 Å². The lowest BCUT2D eigenvalue weighted by molar-refractivity contribution is -0.384. The van der Waals surface area contributed by atoms with E-state index in [-0.39, 0.29) is 23.3 Å². The molecule has 1 atom stereocenters. The molecule has 5 rings (SSSR count). The fraction of sp³-hybridized carbons (Fsp3) is 0.417. The third-order valence-electron chi connectivity index (χ3n) is 6.24. The van der Waals surface area contributed by atoms with Crippen molar-refractivity contribution >= 4 is 44.0 Å². The Morgan fingerprint density at radius 2 is 2.09 bits per heavy atom. The molecule has 3 aromatic rings. The number of anilines is 2. The summed E-state index contributed by atoms with van der Waals surface area (Å²) in [5.41, 5.74) is 1.36. The maximum Gasteiger partial charge on any atom is 0.293 e. The number of hydrogen-bond acceptors (Lipinski definition) is 9. The minimum absolute atomic E-state index is 0.0937. The number of carbonyl (C=O) groups is 1. The fourth-order valence-corrected chi connectivity index (χ4v) is 5.36. The standard InChI is InChI=1S/C24H26N4O6S/c1-32-17-5-7-22-19(14-17)25-24(35-22)27(15-18-3-2-10-34-18)23(29)16-4-6-20(21(13-16)28(30)31)26-8-11-33-12-9-26/h4-7,13-14,18H,2-3,8-12,15H2,1H3. The molecule has 10 nitrogen and oxygen atoms in total. The van der Waals surface area contributed by atoms with E-state index in [0.29, 0.717) is 56.0 Å². The van der Waals surface area contributed by atoms with Gasteiger partial charge in [-0.15, -0.1) is 0 Å². The second kappa shape index (κ2) is 10.1. The quantitative estimate of drug-likeness (QED) is 0.357. The lowest BCUT2D eigenvalue weighted by atomic mass is 10.1. The number of amides is 1. The molecule has 0 aliphatic carbocycles. The maximum absolute atomic E-state index is 13.8. The number of hydrogen-bond donors (Lipinski definition) is 0. The summed E-state index contributed by atoms with van der Waals surface area (Å²) in [7, 11) is 1.59. The van der Waals surface area contributed by atoms with Gasteiger partial charge in [0.05, 0.1) is 48.1 Å². The van der Waals surface area contributed by atoms with Crippen LogP contribution in [0, 0.1) is 10.1 Å². The molecule has 0 spiro atoms. The first-order valence-corrected chi connectivity index (χ1v) is 12.3. The predicted molar refractivity (Wildman–Crippen MR) is 133 cm³/mol. The Kier molecular flexibility index (Phi) is 6.80. The van der Waals surface area contributed by atoms with Gasteiger partial charge in [0.15, 0.2) is 5.13 Å². The number of rotatable bonds is 7. The van der Waals surface area contributed by atoms with Gasteiger partial charge in [0.1, 0.15) is 11.4 Å². The summed E-state index contributed by atoms with van der Waals surface area (Å²) in [5, 5.41) is 12.4. The van der Waals surface area contributed by atoms with Crippen molar-refractivity contribution in [2.75, 3.05) is 56.4 Å². The van der Waals surface area contributed by atoms with Crippen molar-refractivity contribution in [2.24, 2.45) is 0 Å². The first-order chi connectivity index (χ1) is 17.0. The number of nitrogens with zero attached hydrogens (tertiary/aromatic N) is 4. The Balaban J connectivity index is 1.50. The highest BCUT2D eigenvalue weighted by Gasteiger charge is 2.30. The number of ether oxygens (including phenoxy) is 3. The molecule has 0 radical (unpaired) electrons. The second-order valence-electron chi connectivity index (χ2n) is 8.44. The normalized spacial score (nSPS) is 18.1. The van der Waals surface area contributed by atoms with E-state index in [0.717, 1.165) is 23.1 Å². The Morgan fingerprint density at radius 3 is 2.80 bits per heavy atom. The SMILES string of the molecule is COc1ccc2sc(N(CC3CCCO3)C(=O)c3ccc(N4CCOCC4)c([N+](=O)[O-])c3)nc2c1. The van der Waals surface area contributed by atoms with Crippen LogP contribution in [0.15, 0.2) is 36.4 Å². The summed E-state index contributed by atoms with van der Waals surface area (Å²) in [5.74, 6) is 0.337. The molecule has 2 aromatic carbocycles. The molecule has 0 bridgehead atoms. The average molecular weight is 499 g/mol. The van der Waals surface area contributed by atoms with Crippen molar-refractivity contribution in [3.05, 3.63) is 52.1 Å². The molecule has 35 heavy (non-hydrogen) atoms. The number of carbonyl (C=O) groups excluding carboxylic acids is 1. The number of aromatic nitrogens is 1. The first-order valence-electron chi connectivity index (χ1n) is 11.5. The van der Waals surface area contributed by atoms with Crippen LogP contribution < -0.4 is 14.5 Å². The van der Waals surface area contributed by atoms with Crippen molar-refractivity contribution in [2.45, 2.75) is 18.9 Å². The van der Waals surface area contributed by atoms with Gasteiger partial charge in [-0.25, -0.2) is 4.98 Å². The molecule has 1 amide bonds. The monoisotopic (exact) mass is 498 g/mol. The molecule has 184 valence electrons. The van der Waals surface area contributed by atoms with Gasteiger partial charge in [-0.2, -0.15) is 0 Å². The van der Waals surface area contributed by atoms with E-state index in [1.807, 2.05) is 23.1 Å². The largest absolute Gasteiger partial charge is 0.497 e. The molecule has 0 saturated carbocycles. The molecule has 1 unspecified atom stereocenters. The molecule has 0 N–H and O–H groups in total. The third kappa shape index (κ3) is 4.93. The lowest BCUT2D eigenvalue weighted by Crippen LogP contribution is -2.38. The molecular weight excluding hydrogens is 472 g/mol. The van der Waals surface area contributed by atoms with Crippen LogP contribution in [-0.2, 0) is 9.47 Å². The number of nitro groups is 1. The van der Waals surface area contributed by atoms with Crippen LogP contribution in [0.5, 0.6) is 5.75 Å². The Labute approximate surface area is 206 Å². The smallest absolute Gasteiger partial charge is 0.293 e. The number of benzene rings is 2. The summed E-state index contributed by atoms with van der Waals surface area (Å²) < 4.78 is 17.4. The van der Waals surface area contributed by atoms with Crippen LogP contribution in [-0.4, -0.2) is 68.5 Å². The molecular formula is C24H26N4O6S. The van der Waals surface area contributed by atoms with Gasteiger partial charge in [0, 0.05) is 37.4 Å². The van der Waals surface area contributed by atoms with E-state index in [1.54, 1.807) is 24.1 Å². The molecule has 1 aromatic heterocycles. The van der Waals surface area contributed by atoms with E-state index in [4.69, 9.17) is 19.2 Å². The Bertz CT molecular complexity index is 1240. The number of fused-ring (bicyclic) bond motifs is 1. The second-order valence-corrected chi connectivity index (χ2v) is 9.45. The van der Waals surface area contributed by atoms with E-state index in [1.165, 1.54) is 17.4 Å². The van der Waals surface area contributed by atoms with Crippen LogP contribution >= 0.6 is 11.3 Å². The molecule has 11 heteroatoms. The highest BCUT2D eigenvalue weighted by molar-refractivity contribution is 7.22. The topological polar surface area (TPSA) is 107 Å². The van der Waals surface area contributed by atoms with Crippen LogP contribution in [0.2, 0.25) is 0 Å². The number of thiazole rings is 1. The minimum Gasteiger partial charge on any atom is -0.497 e. The van der Waals surface area contributed by atoms with E-state index in [2.05, 4.69) is 0 Å². The number of nitro benzene ring substituents is 1. The summed E-state index contributed by atoms with van der Waals surface area (Å²) in [6, 6.07) is 10.3. The highest BCUT2D eigenvalue weighted by Crippen LogP contribution is 2.35. The van der Waals surface area contributed by atoms with E-state index < -0.39 is 4.92 Å². The zero-order valence-corrected chi connectivity index (χ0v) is 20.2. The molecule has 2 aliphatic rings. The predicted octanol–water partition coefficient (Wildman–Crippen LogP) is 3.88. The fourth-order valence-electron chi connectivity index (χ4n) is 4.41. The van der Waals surface area contributed by atoms with Crippen molar-refractivity contribution in [1.29, 1.82) is 0 Å². The van der Waals surface area contributed by atoms with Crippen molar-refractivity contribution in [3.63, 3.8) is 0 Å². The van der Waals surface area contributed by atoms with Crippen LogP contribution in [0.25, 0.3) is 10.2 Å². The van der Waals surface area contributed by atoms with Crippen LogP contribution in [0.3, 0.4) is 0 Å². The first kappa shape index (κ1) is 23.5. The average Bonchev–Trinajstić information content (AvgIpc) is 3.56. The third-order valence-corrected chi connectivity index (χ3v) is 7.30. The molecule has 2 aliphatic heterocycles. The van der Waals surface area contributed by atoms with E-state index >= 15 is 0 Å². The number of methoxy groups -OCH3 is 1. The van der Waals surface area contributed by atoms with Gasteiger partial charge in [0.2, 0.25) is 0 Å². The van der Waals surface area contributed by atoms with Gasteiger partial charge in [-0.1, -0.05) is 11.3 Å². The Morgan fingerprint density at radius 1 is 1.26 bits per heavy atom. The zero-order chi connectivity index (χ0) is 24.4. The molecule has 2 fully saturated rings. The van der Waals surface area contributed by atoms with E-state index in [9.17, 15) is 14.9 Å². The molecule has 3 heterocycles.